The lowest BCUT2D eigenvalue weighted by Crippen LogP contribution is -2.14. The van der Waals surface area contributed by atoms with Crippen LogP contribution in [0, 0.1) is 28.6 Å². The molecule has 1 fully saturated rings. The van der Waals surface area contributed by atoms with Gasteiger partial charge in [-0.1, -0.05) is 82.3 Å². The van der Waals surface area contributed by atoms with Crippen molar-refractivity contribution in [2.45, 2.75) is 90.4 Å². The minimum Gasteiger partial charge on any atom is -0.192 e. The third-order valence-corrected chi connectivity index (χ3v) is 7.03. The van der Waals surface area contributed by atoms with Crippen LogP contribution < -0.4 is 0 Å². The van der Waals surface area contributed by atoms with Crippen molar-refractivity contribution in [2.24, 2.45) is 5.92 Å². The molecule has 0 unspecified atom stereocenters. The van der Waals surface area contributed by atoms with E-state index in [1.807, 2.05) is 0 Å². The topological polar surface area (TPSA) is 47.6 Å². The summed E-state index contributed by atoms with van der Waals surface area (Å²) in [7, 11) is 0. The van der Waals surface area contributed by atoms with Crippen LogP contribution in [0.25, 0.3) is 11.1 Å². The second-order valence-corrected chi connectivity index (χ2v) is 9.19. The second kappa shape index (κ2) is 11.7. The zero-order valence-electron chi connectivity index (χ0n) is 19.3. The third-order valence-electron chi connectivity index (χ3n) is 7.03. The SMILES string of the molecule is CCCCCCc1ccc(-c2ccc(C3CCC(CCC)CC3)c(C#N)c2C#N)cc1. The summed E-state index contributed by atoms with van der Waals surface area (Å²) in [4.78, 5) is 0. The number of rotatable bonds is 9. The van der Waals surface area contributed by atoms with Crippen LogP contribution in [-0.4, -0.2) is 0 Å². The Hall–Kier alpha value is -2.58. The molecule has 0 aliphatic heterocycles. The monoisotopic (exact) mass is 412 g/mol. The van der Waals surface area contributed by atoms with Gasteiger partial charge >= 0.3 is 0 Å². The summed E-state index contributed by atoms with van der Waals surface area (Å²) in [6.45, 7) is 4.50. The first kappa shape index (κ1) is 23.1. The van der Waals surface area contributed by atoms with E-state index in [1.54, 1.807) is 0 Å². The van der Waals surface area contributed by atoms with Crippen LogP contribution in [0.2, 0.25) is 0 Å². The van der Waals surface area contributed by atoms with E-state index in [9.17, 15) is 10.5 Å². The average Bonchev–Trinajstić information content (AvgIpc) is 2.82. The Bertz CT molecular complexity index is 919. The molecule has 0 atom stereocenters. The summed E-state index contributed by atoms with van der Waals surface area (Å²) in [5.41, 5.74) is 5.50. The molecule has 3 rings (SSSR count). The number of nitrogens with zero attached hydrogens (tertiary/aromatic N) is 2. The van der Waals surface area contributed by atoms with Crippen molar-refractivity contribution < 1.29 is 0 Å². The first-order valence-electron chi connectivity index (χ1n) is 12.3. The van der Waals surface area contributed by atoms with Crippen LogP contribution in [0.4, 0.5) is 0 Å². The number of nitriles is 2. The maximum atomic E-state index is 9.95. The van der Waals surface area contributed by atoms with Crippen LogP contribution >= 0.6 is 0 Å². The lowest BCUT2D eigenvalue weighted by molar-refractivity contribution is 0.308. The Morgan fingerprint density at radius 2 is 1.48 bits per heavy atom. The molecule has 1 aliphatic rings. The fourth-order valence-corrected chi connectivity index (χ4v) is 5.21. The Kier molecular flexibility index (Phi) is 8.73. The third kappa shape index (κ3) is 5.77. The lowest BCUT2D eigenvalue weighted by atomic mass is 9.75. The fourth-order valence-electron chi connectivity index (χ4n) is 5.21. The van der Waals surface area contributed by atoms with Gasteiger partial charge in [0.1, 0.15) is 12.1 Å². The summed E-state index contributed by atoms with van der Waals surface area (Å²) in [6.07, 6.45) is 13.5. The molecule has 0 aromatic heterocycles. The Morgan fingerprint density at radius 1 is 0.774 bits per heavy atom. The van der Waals surface area contributed by atoms with E-state index in [1.165, 1.54) is 56.9 Å². The molecule has 2 aromatic carbocycles. The van der Waals surface area contributed by atoms with Gasteiger partial charge in [-0.3, -0.25) is 0 Å². The normalized spacial score (nSPS) is 18.3. The van der Waals surface area contributed by atoms with E-state index in [-0.39, 0.29) is 0 Å². The van der Waals surface area contributed by atoms with E-state index in [0.717, 1.165) is 41.9 Å². The number of benzene rings is 2. The van der Waals surface area contributed by atoms with E-state index in [2.05, 4.69) is 62.4 Å². The minimum atomic E-state index is 0.411. The highest BCUT2D eigenvalue weighted by molar-refractivity contribution is 5.75. The molecule has 1 aliphatic carbocycles. The van der Waals surface area contributed by atoms with Gasteiger partial charge in [-0.25, -0.2) is 0 Å². The highest BCUT2D eigenvalue weighted by atomic mass is 14.3. The zero-order chi connectivity index (χ0) is 22.1. The quantitative estimate of drug-likeness (QED) is 0.389. The summed E-state index contributed by atoms with van der Waals surface area (Å²) in [6, 6.07) is 17.5. The van der Waals surface area contributed by atoms with Crippen molar-refractivity contribution in [2.75, 3.05) is 0 Å². The van der Waals surface area contributed by atoms with Gasteiger partial charge in [-0.05, 0) is 67.1 Å². The smallest absolute Gasteiger partial charge is 0.101 e. The minimum absolute atomic E-state index is 0.411. The van der Waals surface area contributed by atoms with Gasteiger partial charge in [0, 0.05) is 5.56 Å². The molecule has 2 nitrogen and oxygen atoms in total. The molecule has 0 radical (unpaired) electrons. The largest absolute Gasteiger partial charge is 0.192 e. The van der Waals surface area contributed by atoms with Crippen molar-refractivity contribution in [1.82, 2.24) is 0 Å². The second-order valence-electron chi connectivity index (χ2n) is 9.19. The number of unbranched alkanes of at least 4 members (excludes halogenated alkanes) is 3. The van der Waals surface area contributed by atoms with Crippen LogP contribution in [0.3, 0.4) is 0 Å². The first-order valence-corrected chi connectivity index (χ1v) is 12.3. The predicted octanol–water partition coefficient (Wildman–Crippen LogP) is 8.29. The molecule has 0 bridgehead atoms. The van der Waals surface area contributed by atoms with Crippen molar-refractivity contribution in [1.29, 1.82) is 10.5 Å². The van der Waals surface area contributed by atoms with Gasteiger partial charge in [-0.2, -0.15) is 10.5 Å². The number of aryl methyl sites for hydroxylation is 1. The van der Waals surface area contributed by atoms with Gasteiger partial charge in [0.05, 0.1) is 11.1 Å². The summed E-state index contributed by atoms with van der Waals surface area (Å²) in [5, 5.41) is 19.9. The van der Waals surface area contributed by atoms with E-state index >= 15 is 0 Å². The highest BCUT2D eigenvalue weighted by Crippen LogP contribution is 2.40. The van der Waals surface area contributed by atoms with E-state index < -0.39 is 0 Å². The number of hydrogen-bond acceptors (Lipinski definition) is 2. The molecule has 0 spiro atoms. The molecule has 2 aromatic rings. The molecule has 1 saturated carbocycles. The number of hydrogen-bond donors (Lipinski definition) is 0. The summed E-state index contributed by atoms with van der Waals surface area (Å²) < 4.78 is 0. The van der Waals surface area contributed by atoms with Crippen molar-refractivity contribution in [3.8, 4) is 23.3 Å². The Labute approximate surface area is 188 Å². The van der Waals surface area contributed by atoms with Crippen LogP contribution in [0.15, 0.2) is 36.4 Å². The van der Waals surface area contributed by atoms with Gasteiger partial charge in [0.25, 0.3) is 0 Å². The first-order chi connectivity index (χ1) is 15.2. The summed E-state index contributed by atoms with van der Waals surface area (Å²) >= 11 is 0. The molecule has 2 heteroatoms. The average molecular weight is 413 g/mol. The van der Waals surface area contributed by atoms with Crippen molar-refractivity contribution >= 4 is 0 Å². The summed E-state index contributed by atoms with van der Waals surface area (Å²) in [5.74, 6) is 1.25. The van der Waals surface area contributed by atoms with Crippen LogP contribution in [-0.2, 0) is 6.42 Å². The lowest BCUT2D eigenvalue weighted by Gasteiger charge is -2.29. The molecular weight excluding hydrogens is 376 g/mol. The maximum absolute atomic E-state index is 9.95. The molecule has 162 valence electrons. The van der Waals surface area contributed by atoms with Gasteiger partial charge in [-0.15, -0.1) is 0 Å². The molecule has 0 N–H and O–H groups in total. The van der Waals surface area contributed by atoms with Crippen LogP contribution in [0.5, 0.6) is 0 Å². The maximum Gasteiger partial charge on any atom is 0.101 e. The molecule has 0 saturated heterocycles. The predicted molar refractivity (Wildman–Crippen MR) is 129 cm³/mol. The Morgan fingerprint density at radius 3 is 2.10 bits per heavy atom. The van der Waals surface area contributed by atoms with E-state index in [4.69, 9.17) is 0 Å². The standard InChI is InChI=1S/C29H36N2/c1-3-5-6-7-9-23-12-16-25(17-13-23)27-19-18-26(28(20-30)29(27)21-31)24-14-10-22(8-4-2)11-15-24/h12-13,16-19,22,24H,3-11,14-15H2,1-2H3. The molecule has 0 amide bonds. The van der Waals surface area contributed by atoms with E-state index in [0.29, 0.717) is 17.0 Å². The van der Waals surface area contributed by atoms with Gasteiger partial charge in [0.15, 0.2) is 0 Å². The van der Waals surface area contributed by atoms with Crippen LogP contribution in [0.1, 0.15) is 106 Å². The van der Waals surface area contributed by atoms with Crippen molar-refractivity contribution in [3.63, 3.8) is 0 Å². The van der Waals surface area contributed by atoms with Gasteiger partial charge < -0.3 is 0 Å². The van der Waals surface area contributed by atoms with Gasteiger partial charge in [0.2, 0.25) is 0 Å². The zero-order valence-corrected chi connectivity index (χ0v) is 19.3. The fraction of sp³-hybridized carbons (Fsp3) is 0.517. The molecular formula is C29H36N2. The molecule has 0 heterocycles. The highest BCUT2D eigenvalue weighted by Gasteiger charge is 2.26. The Balaban J connectivity index is 1.80. The van der Waals surface area contributed by atoms with Crippen molar-refractivity contribution in [3.05, 3.63) is 58.7 Å². The molecule has 31 heavy (non-hydrogen) atoms.